The third kappa shape index (κ3) is 6.82. The number of hydrogen-bond acceptors (Lipinski definition) is 6. The lowest BCUT2D eigenvalue weighted by Crippen LogP contribution is -2.41. The second-order valence-electron chi connectivity index (χ2n) is 13.9. The molecule has 0 N–H and O–H groups in total. The number of aromatic nitrogens is 1. The zero-order valence-electron chi connectivity index (χ0n) is 24.9. The van der Waals surface area contributed by atoms with E-state index in [9.17, 15) is 4.79 Å². The summed E-state index contributed by atoms with van der Waals surface area (Å²) in [6, 6.07) is 8.32. The van der Waals surface area contributed by atoms with Gasteiger partial charge in [0, 0.05) is 30.6 Å². The minimum absolute atomic E-state index is 0.0471. The van der Waals surface area contributed by atoms with Crippen LogP contribution in [-0.4, -0.2) is 44.0 Å². The topological polar surface area (TPSA) is 57.7 Å². The number of carbonyl (C=O) groups is 1. The molecule has 204 valence electrons. The summed E-state index contributed by atoms with van der Waals surface area (Å²) in [7, 11) is -2.38. The lowest BCUT2D eigenvalue weighted by atomic mass is 9.78. The van der Waals surface area contributed by atoms with E-state index in [-0.39, 0.29) is 33.4 Å². The van der Waals surface area contributed by atoms with Crippen LogP contribution in [0.2, 0.25) is 18.1 Å². The van der Waals surface area contributed by atoms with Crippen molar-refractivity contribution in [1.82, 2.24) is 4.98 Å². The molecule has 0 bridgehead atoms. The second-order valence-corrected chi connectivity index (χ2v) is 19.8. The normalized spacial score (nSPS) is 18.8. The SMILES string of the molecule is CC(C)(C)c1ncc(C(=O)CC(CO[Si](C)(C)C(C)(C)C)c2ccc(B3OC(C)(C)C(C)(C)O3)cc2)s1. The number of benzene rings is 1. The van der Waals surface area contributed by atoms with E-state index in [0.29, 0.717) is 13.0 Å². The molecule has 0 aliphatic carbocycles. The van der Waals surface area contributed by atoms with Crippen molar-refractivity contribution in [2.45, 2.75) is 116 Å². The molecule has 1 aromatic carbocycles. The Kier molecular flexibility index (Phi) is 8.45. The summed E-state index contributed by atoms with van der Waals surface area (Å²) in [6.45, 7) is 26.4. The number of rotatable bonds is 8. The van der Waals surface area contributed by atoms with Gasteiger partial charge in [0.1, 0.15) is 0 Å². The Morgan fingerprint density at radius 3 is 2.03 bits per heavy atom. The molecule has 1 aliphatic heterocycles. The molecular formula is C29H46BNO4SSi. The summed E-state index contributed by atoms with van der Waals surface area (Å²) in [5.74, 6) is 0.0704. The highest BCUT2D eigenvalue weighted by Crippen LogP contribution is 2.39. The van der Waals surface area contributed by atoms with Gasteiger partial charge in [0.15, 0.2) is 14.1 Å². The van der Waals surface area contributed by atoms with Crippen LogP contribution in [0.3, 0.4) is 0 Å². The highest BCUT2D eigenvalue weighted by molar-refractivity contribution is 7.13. The molecule has 1 aliphatic rings. The Morgan fingerprint density at radius 2 is 1.57 bits per heavy atom. The first kappa shape index (κ1) is 30.2. The van der Waals surface area contributed by atoms with Crippen LogP contribution >= 0.6 is 11.3 Å². The zero-order chi connectivity index (χ0) is 28.0. The number of nitrogens with zero attached hydrogens (tertiary/aromatic N) is 1. The van der Waals surface area contributed by atoms with E-state index in [4.69, 9.17) is 13.7 Å². The number of hydrogen-bond donors (Lipinski definition) is 0. The molecule has 2 aromatic rings. The first-order chi connectivity index (χ1) is 16.7. The van der Waals surface area contributed by atoms with Crippen LogP contribution in [0.4, 0.5) is 0 Å². The molecule has 0 amide bonds. The molecule has 0 saturated carbocycles. The molecule has 1 saturated heterocycles. The van der Waals surface area contributed by atoms with Crippen LogP contribution in [0.25, 0.3) is 0 Å². The summed E-state index contributed by atoms with van der Waals surface area (Å²) in [5.41, 5.74) is 1.23. The Labute approximate surface area is 230 Å². The van der Waals surface area contributed by atoms with Crippen molar-refractivity contribution in [1.29, 1.82) is 0 Å². The van der Waals surface area contributed by atoms with Gasteiger partial charge in [0.25, 0.3) is 0 Å². The van der Waals surface area contributed by atoms with Crippen LogP contribution in [0, 0.1) is 0 Å². The van der Waals surface area contributed by atoms with Crippen molar-refractivity contribution in [2.75, 3.05) is 6.61 Å². The predicted molar refractivity (Wildman–Crippen MR) is 158 cm³/mol. The fourth-order valence-electron chi connectivity index (χ4n) is 3.78. The van der Waals surface area contributed by atoms with Gasteiger partial charge in [-0.05, 0) is 56.9 Å². The van der Waals surface area contributed by atoms with E-state index < -0.39 is 15.4 Å². The van der Waals surface area contributed by atoms with Gasteiger partial charge in [-0.2, -0.15) is 0 Å². The molecule has 1 unspecified atom stereocenters. The zero-order valence-corrected chi connectivity index (χ0v) is 26.8. The van der Waals surface area contributed by atoms with Crippen molar-refractivity contribution in [3.05, 3.63) is 45.9 Å². The Morgan fingerprint density at radius 1 is 1.03 bits per heavy atom. The molecule has 2 heterocycles. The van der Waals surface area contributed by atoms with E-state index in [1.54, 1.807) is 6.20 Å². The first-order valence-corrected chi connectivity index (χ1v) is 17.0. The number of thiazole rings is 1. The van der Waals surface area contributed by atoms with E-state index in [2.05, 4.69) is 112 Å². The molecule has 3 rings (SSSR count). The number of carbonyl (C=O) groups excluding carboxylic acids is 1. The standard InChI is InChI=1S/C29H46BNO4SSi/c1-26(2,3)25-31-18-24(36-25)23(32)17-21(19-33-37(11,12)27(4,5)6)20-13-15-22(16-14-20)30-34-28(7,8)29(9,10)35-30/h13-16,18,21H,17,19H2,1-12H3. The lowest BCUT2D eigenvalue weighted by molar-refractivity contribution is 0.00578. The minimum Gasteiger partial charge on any atom is -0.416 e. The summed E-state index contributed by atoms with van der Waals surface area (Å²) < 4.78 is 19.1. The monoisotopic (exact) mass is 543 g/mol. The third-order valence-electron chi connectivity index (χ3n) is 8.24. The van der Waals surface area contributed by atoms with Gasteiger partial charge in [-0.15, -0.1) is 11.3 Å². The summed E-state index contributed by atoms with van der Waals surface area (Å²) in [6.07, 6.45) is 2.12. The number of Topliss-reactive ketones (excluding diaryl/α,β-unsaturated/α-hetero) is 1. The average molecular weight is 544 g/mol. The predicted octanol–water partition coefficient (Wildman–Crippen LogP) is 7.12. The Bertz CT molecular complexity index is 1080. The van der Waals surface area contributed by atoms with Crippen LogP contribution in [0.15, 0.2) is 30.5 Å². The molecule has 1 atom stereocenters. The second kappa shape index (κ2) is 10.3. The molecule has 1 aromatic heterocycles. The Hall–Kier alpha value is -1.32. The van der Waals surface area contributed by atoms with Crippen molar-refractivity contribution < 1.29 is 18.5 Å². The number of ketones is 1. The third-order valence-corrected chi connectivity index (χ3v) is 14.2. The molecule has 0 radical (unpaired) electrons. The maximum Gasteiger partial charge on any atom is 0.494 e. The summed E-state index contributed by atoms with van der Waals surface area (Å²) >= 11 is 1.51. The lowest BCUT2D eigenvalue weighted by Gasteiger charge is -2.37. The van der Waals surface area contributed by atoms with Gasteiger partial charge < -0.3 is 13.7 Å². The highest BCUT2D eigenvalue weighted by atomic mass is 32.1. The molecule has 8 heteroatoms. The van der Waals surface area contributed by atoms with Crippen molar-refractivity contribution >= 4 is 38.0 Å². The van der Waals surface area contributed by atoms with Crippen molar-refractivity contribution in [2.24, 2.45) is 0 Å². The van der Waals surface area contributed by atoms with Gasteiger partial charge in [-0.3, -0.25) is 4.79 Å². The largest absolute Gasteiger partial charge is 0.494 e. The van der Waals surface area contributed by atoms with Gasteiger partial charge in [-0.25, -0.2) is 4.98 Å². The molecule has 0 spiro atoms. The fraction of sp³-hybridized carbons (Fsp3) is 0.655. The van der Waals surface area contributed by atoms with Gasteiger partial charge >= 0.3 is 7.12 Å². The van der Waals surface area contributed by atoms with Crippen molar-refractivity contribution in [3.8, 4) is 0 Å². The maximum atomic E-state index is 13.4. The highest BCUT2D eigenvalue weighted by Gasteiger charge is 2.51. The summed E-state index contributed by atoms with van der Waals surface area (Å²) in [4.78, 5) is 18.6. The van der Waals surface area contributed by atoms with Gasteiger partial charge in [0.05, 0.1) is 21.1 Å². The van der Waals surface area contributed by atoms with Crippen LogP contribution in [-0.2, 0) is 19.1 Å². The van der Waals surface area contributed by atoms with Crippen LogP contribution in [0.1, 0.15) is 102 Å². The fourth-order valence-corrected chi connectivity index (χ4v) is 5.75. The molecule has 37 heavy (non-hydrogen) atoms. The van der Waals surface area contributed by atoms with E-state index in [1.807, 2.05) is 0 Å². The Balaban J connectivity index is 1.83. The van der Waals surface area contributed by atoms with E-state index in [1.165, 1.54) is 11.3 Å². The summed E-state index contributed by atoms with van der Waals surface area (Å²) in [5, 5.41) is 1.08. The first-order valence-electron chi connectivity index (χ1n) is 13.3. The van der Waals surface area contributed by atoms with Crippen molar-refractivity contribution in [3.63, 3.8) is 0 Å². The molecule has 5 nitrogen and oxygen atoms in total. The van der Waals surface area contributed by atoms with Crippen LogP contribution < -0.4 is 5.46 Å². The van der Waals surface area contributed by atoms with E-state index in [0.717, 1.165) is 20.9 Å². The van der Waals surface area contributed by atoms with Crippen LogP contribution in [0.5, 0.6) is 0 Å². The van der Waals surface area contributed by atoms with E-state index >= 15 is 0 Å². The quantitative estimate of drug-likeness (QED) is 0.262. The minimum atomic E-state index is -1.98. The average Bonchev–Trinajstić information content (AvgIpc) is 3.33. The van der Waals surface area contributed by atoms with Gasteiger partial charge in [0.2, 0.25) is 0 Å². The van der Waals surface area contributed by atoms with Gasteiger partial charge in [-0.1, -0.05) is 65.8 Å². The molecular weight excluding hydrogens is 497 g/mol. The smallest absolute Gasteiger partial charge is 0.416 e. The maximum absolute atomic E-state index is 13.4. The molecule has 1 fully saturated rings.